The van der Waals surface area contributed by atoms with E-state index in [-0.39, 0.29) is 5.22 Å². The van der Waals surface area contributed by atoms with Gasteiger partial charge in [0.15, 0.2) is 5.22 Å². The van der Waals surface area contributed by atoms with Gasteiger partial charge in [0, 0.05) is 19.4 Å². The zero-order valence-electron chi connectivity index (χ0n) is 4.02. The molecule has 1 aromatic heterocycles. The summed E-state index contributed by atoms with van der Waals surface area (Å²) in [5.74, 6) is 0. The molecule has 1 aromatic rings. The van der Waals surface area contributed by atoms with Crippen LogP contribution in [0.25, 0.3) is 0 Å². The molecule has 0 N–H and O–H groups in total. The summed E-state index contributed by atoms with van der Waals surface area (Å²) in [7, 11) is 0. The average Bonchev–Trinajstić information content (AvgIpc) is 1.98. The minimum atomic E-state index is 0.155. The second kappa shape index (κ2) is 1.82. The van der Waals surface area contributed by atoms with Crippen LogP contribution in [0.1, 0.15) is 11.1 Å². The maximum Gasteiger partial charge on any atom is 0.196 e. The van der Waals surface area contributed by atoms with Gasteiger partial charge in [0.2, 0.25) is 0 Å². The highest BCUT2D eigenvalue weighted by atomic mass is 35.5. The third kappa shape index (κ3) is 0.736. The molecular formula is C6H3ClO. The molecule has 1 heterocycles. The van der Waals surface area contributed by atoms with Gasteiger partial charge in [-0.25, -0.2) is 0 Å². The minimum Gasteiger partial charge on any atom is -0.452 e. The summed E-state index contributed by atoms with van der Waals surface area (Å²) >= 11 is 5.36. The SMILES string of the molecule is [CH]c1coc(Cl)c1[CH]. The third-order valence-electron chi connectivity index (χ3n) is 0.812. The highest BCUT2D eigenvalue weighted by molar-refractivity contribution is 6.29. The summed E-state index contributed by atoms with van der Waals surface area (Å²) in [6.07, 6.45) is 1.30. The van der Waals surface area contributed by atoms with E-state index in [4.69, 9.17) is 25.4 Å². The quantitative estimate of drug-likeness (QED) is 0.519. The predicted octanol–water partition coefficient (Wildman–Crippen LogP) is 2.05. The van der Waals surface area contributed by atoms with E-state index < -0.39 is 0 Å². The first kappa shape index (κ1) is 5.70. The molecule has 0 saturated heterocycles. The fourth-order valence-electron chi connectivity index (χ4n) is 0.356. The van der Waals surface area contributed by atoms with Gasteiger partial charge in [-0.1, -0.05) is 0 Å². The van der Waals surface area contributed by atoms with Crippen molar-refractivity contribution in [3.63, 3.8) is 0 Å². The Kier molecular flexibility index (Phi) is 1.30. The highest BCUT2D eigenvalue weighted by Gasteiger charge is 2.00. The molecule has 0 amide bonds. The van der Waals surface area contributed by atoms with Crippen LogP contribution in [0.5, 0.6) is 0 Å². The molecule has 0 spiro atoms. The monoisotopic (exact) mass is 126 g/mol. The van der Waals surface area contributed by atoms with E-state index in [2.05, 4.69) is 4.42 Å². The molecule has 2 heteroatoms. The Morgan fingerprint density at radius 2 is 2.12 bits per heavy atom. The smallest absolute Gasteiger partial charge is 0.196 e. The van der Waals surface area contributed by atoms with E-state index in [1.165, 1.54) is 6.26 Å². The van der Waals surface area contributed by atoms with Gasteiger partial charge in [-0.05, 0) is 17.2 Å². The summed E-state index contributed by atoms with van der Waals surface area (Å²) in [6, 6.07) is 0. The van der Waals surface area contributed by atoms with Gasteiger partial charge in [0.1, 0.15) is 0 Å². The van der Waals surface area contributed by atoms with Crippen molar-refractivity contribution in [1.82, 2.24) is 0 Å². The molecule has 8 heavy (non-hydrogen) atoms. The molecule has 0 aliphatic rings. The zero-order valence-corrected chi connectivity index (χ0v) is 4.77. The molecule has 1 nitrogen and oxygen atoms in total. The predicted molar refractivity (Wildman–Crippen MR) is 30.5 cm³/mol. The molecule has 0 aliphatic carbocycles. The summed E-state index contributed by atoms with van der Waals surface area (Å²) < 4.78 is 4.61. The van der Waals surface area contributed by atoms with Gasteiger partial charge in [-0.3, -0.25) is 0 Å². The van der Waals surface area contributed by atoms with Crippen LogP contribution >= 0.6 is 11.6 Å². The van der Waals surface area contributed by atoms with Crippen molar-refractivity contribution in [2.45, 2.75) is 0 Å². The number of hydrogen-bond donors (Lipinski definition) is 0. The van der Waals surface area contributed by atoms with Crippen molar-refractivity contribution < 1.29 is 4.42 Å². The van der Waals surface area contributed by atoms with Gasteiger partial charge in [-0.15, -0.1) is 0 Å². The van der Waals surface area contributed by atoms with Gasteiger partial charge in [-0.2, -0.15) is 0 Å². The van der Waals surface area contributed by atoms with Crippen molar-refractivity contribution in [1.29, 1.82) is 0 Å². The number of hydrogen-bond acceptors (Lipinski definition) is 1. The van der Waals surface area contributed by atoms with Crippen molar-refractivity contribution in [2.24, 2.45) is 0 Å². The first-order valence-electron chi connectivity index (χ1n) is 1.99. The van der Waals surface area contributed by atoms with Crippen molar-refractivity contribution in [3.8, 4) is 0 Å². The fraction of sp³-hybridized carbons (Fsp3) is 0. The maximum absolute atomic E-state index is 5.36. The minimum absolute atomic E-state index is 0.155. The van der Waals surface area contributed by atoms with Crippen LogP contribution < -0.4 is 0 Å². The van der Waals surface area contributed by atoms with E-state index in [0.717, 1.165) is 0 Å². The molecule has 0 unspecified atom stereocenters. The molecule has 1 rings (SSSR count). The second-order valence-corrected chi connectivity index (χ2v) is 1.72. The normalized spacial score (nSPS) is 9.88. The van der Waals surface area contributed by atoms with Gasteiger partial charge in [0.25, 0.3) is 0 Å². The number of rotatable bonds is 0. The van der Waals surface area contributed by atoms with E-state index in [0.29, 0.717) is 11.1 Å². The summed E-state index contributed by atoms with van der Waals surface area (Å²) in [4.78, 5) is 0. The molecule has 0 fully saturated rings. The van der Waals surface area contributed by atoms with Crippen LogP contribution in [0.4, 0.5) is 0 Å². The summed E-state index contributed by atoms with van der Waals surface area (Å²) in [6.45, 7) is 10.5. The van der Waals surface area contributed by atoms with Crippen LogP contribution in [0.2, 0.25) is 5.22 Å². The Hall–Kier alpha value is -0.430. The van der Waals surface area contributed by atoms with Crippen LogP contribution in [0.3, 0.4) is 0 Å². The maximum atomic E-state index is 5.36. The topological polar surface area (TPSA) is 13.1 Å². The molecule has 0 bridgehead atoms. The molecular weight excluding hydrogens is 124 g/mol. The molecule has 4 radical (unpaired) electrons. The lowest BCUT2D eigenvalue weighted by atomic mass is 10.2. The Labute approximate surface area is 53.3 Å². The Bertz CT molecular complexity index is 171. The standard InChI is InChI=1S/C6H3ClO/c1-4-3-8-6(7)5(4)2/h1-3H. The van der Waals surface area contributed by atoms with E-state index >= 15 is 0 Å². The van der Waals surface area contributed by atoms with Crippen molar-refractivity contribution in [3.05, 3.63) is 36.5 Å². The first-order valence-corrected chi connectivity index (χ1v) is 2.37. The lowest BCUT2D eigenvalue weighted by molar-refractivity contribution is 0.567. The average molecular weight is 127 g/mol. The number of halogens is 1. The zero-order chi connectivity index (χ0) is 6.15. The lowest BCUT2D eigenvalue weighted by Crippen LogP contribution is -1.67. The molecule has 0 aromatic carbocycles. The fourth-order valence-corrected chi connectivity index (χ4v) is 0.509. The largest absolute Gasteiger partial charge is 0.452 e. The first-order chi connectivity index (χ1) is 3.72. The van der Waals surface area contributed by atoms with E-state index in [9.17, 15) is 0 Å². The number of furan rings is 1. The van der Waals surface area contributed by atoms with Crippen molar-refractivity contribution in [2.75, 3.05) is 0 Å². The van der Waals surface area contributed by atoms with E-state index in [1.807, 2.05) is 0 Å². The molecule has 0 saturated carbocycles. The third-order valence-corrected chi connectivity index (χ3v) is 1.10. The van der Waals surface area contributed by atoms with Crippen LogP contribution in [0, 0.1) is 13.8 Å². The summed E-state index contributed by atoms with van der Waals surface area (Å²) in [5.41, 5.74) is 0.696. The molecule has 0 aliphatic heterocycles. The van der Waals surface area contributed by atoms with Crippen LogP contribution in [-0.4, -0.2) is 0 Å². The highest BCUT2D eigenvalue weighted by Crippen LogP contribution is 2.19. The van der Waals surface area contributed by atoms with E-state index in [1.54, 1.807) is 0 Å². The Morgan fingerprint density at radius 1 is 1.50 bits per heavy atom. The van der Waals surface area contributed by atoms with Crippen LogP contribution in [0.15, 0.2) is 10.7 Å². The Morgan fingerprint density at radius 3 is 2.25 bits per heavy atom. The summed E-state index contributed by atoms with van der Waals surface area (Å²) in [5, 5.41) is 0.155. The van der Waals surface area contributed by atoms with Gasteiger partial charge in [0.05, 0.1) is 6.26 Å². The van der Waals surface area contributed by atoms with Crippen LogP contribution in [-0.2, 0) is 0 Å². The Balaban J connectivity index is 3.19. The lowest BCUT2D eigenvalue weighted by Gasteiger charge is -1.80. The van der Waals surface area contributed by atoms with Crippen molar-refractivity contribution >= 4 is 11.6 Å². The molecule has 0 atom stereocenters. The second-order valence-electron chi connectivity index (χ2n) is 1.38. The van der Waals surface area contributed by atoms with Gasteiger partial charge < -0.3 is 4.42 Å². The molecule has 40 valence electrons. The van der Waals surface area contributed by atoms with Gasteiger partial charge >= 0.3 is 0 Å².